The average molecular weight is 385 g/mol. The van der Waals surface area contributed by atoms with Gasteiger partial charge in [0, 0.05) is 25.6 Å². The zero-order chi connectivity index (χ0) is 20.0. The Bertz CT molecular complexity index is 401. The Morgan fingerprint density at radius 1 is 0.963 bits per heavy atom. The molecule has 0 radical (unpaired) electrons. The predicted octanol–water partition coefficient (Wildman–Crippen LogP) is 2.72. The summed E-state index contributed by atoms with van der Waals surface area (Å²) in [6.45, 7) is 5.85. The highest BCUT2D eigenvalue weighted by atomic mass is 16.5. The Morgan fingerprint density at radius 2 is 1.59 bits per heavy atom. The number of ketones is 1. The molecule has 0 aliphatic carbocycles. The molecule has 0 aliphatic heterocycles. The molecule has 0 spiro atoms. The van der Waals surface area contributed by atoms with Crippen LogP contribution in [0.1, 0.15) is 64.7 Å². The van der Waals surface area contributed by atoms with Gasteiger partial charge in [-0.1, -0.05) is 32.6 Å². The monoisotopic (exact) mass is 384 g/mol. The number of hydrazone groups is 1. The van der Waals surface area contributed by atoms with Gasteiger partial charge in [0.2, 0.25) is 0 Å². The van der Waals surface area contributed by atoms with Gasteiger partial charge in [0.25, 0.3) is 0 Å². The highest BCUT2D eigenvalue weighted by Gasteiger charge is 1.99. The van der Waals surface area contributed by atoms with Crippen LogP contribution in [0.2, 0.25) is 0 Å². The predicted molar refractivity (Wildman–Crippen MR) is 113 cm³/mol. The van der Waals surface area contributed by atoms with E-state index in [1.165, 1.54) is 12.8 Å². The Labute approximate surface area is 165 Å². The maximum Gasteiger partial charge on any atom is 0.132 e. The number of carbonyl (C=O) groups excluding carboxylic acids is 1. The summed E-state index contributed by atoms with van der Waals surface area (Å²) in [5.74, 6) is 5.80. The number of unbranched alkanes of at least 4 members (excludes halogenated alkanes) is 5. The molecule has 0 unspecified atom stereocenters. The zero-order valence-electron chi connectivity index (χ0n) is 17.4. The lowest BCUT2D eigenvalue weighted by molar-refractivity contribution is -0.118. The van der Waals surface area contributed by atoms with Crippen molar-refractivity contribution >= 4 is 17.7 Å². The van der Waals surface area contributed by atoms with E-state index in [2.05, 4.69) is 15.4 Å². The molecule has 0 aromatic rings. The van der Waals surface area contributed by atoms with E-state index in [0.29, 0.717) is 45.2 Å². The largest absolute Gasteiger partial charge is 0.378 e. The smallest absolute Gasteiger partial charge is 0.132 e. The Balaban J connectivity index is 3.48. The first kappa shape index (κ1) is 25.7. The molecule has 0 atom stereocenters. The number of nitrogens with one attached hydrogen (secondary N) is 1. The maximum atomic E-state index is 11.2. The third-order valence-electron chi connectivity index (χ3n) is 4.17. The summed E-state index contributed by atoms with van der Waals surface area (Å²) in [6.07, 6.45) is 10.8. The fourth-order valence-electron chi connectivity index (χ4n) is 2.46. The molecule has 0 aromatic carbocycles. The molecule has 0 fully saturated rings. The average Bonchev–Trinajstić information content (AvgIpc) is 2.69. The second kappa shape index (κ2) is 21.0. The fourth-order valence-corrected chi connectivity index (χ4v) is 2.46. The van der Waals surface area contributed by atoms with Crippen LogP contribution in [0, 0.1) is 0 Å². The molecule has 0 aliphatic rings. The lowest BCUT2D eigenvalue weighted by Crippen LogP contribution is -2.16. The van der Waals surface area contributed by atoms with Crippen LogP contribution >= 0.6 is 0 Å². The summed E-state index contributed by atoms with van der Waals surface area (Å²) < 4.78 is 10.8. The van der Waals surface area contributed by atoms with Crippen molar-refractivity contribution in [3.63, 3.8) is 0 Å². The van der Waals surface area contributed by atoms with Crippen LogP contribution in [-0.2, 0) is 14.3 Å². The molecule has 158 valence electrons. The molecule has 7 heteroatoms. The van der Waals surface area contributed by atoms with Crippen molar-refractivity contribution in [2.45, 2.75) is 64.7 Å². The molecule has 0 amide bonds. The molecular weight excluding hydrogens is 344 g/mol. The second-order valence-electron chi connectivity index (χ2n) is 6.50. The van der Waals surface area contributed by atoms with Gasteiger partial charge in [-0.25, -0.2) is 0 Å². The van der Waals surface area contributed by atoms with Gasteiger partial charge in [0.1, 0.15) is 5.78 Å². The number of likely N-dealkylation sites (N-methyl/N-ethyl adjacent to an activating group) is 1. The van der Waals surface area contributed by atoms with Crippen molar-refractivity contribution in [3.8, 4) is 0 Å². The number of ether oxygens (including phenoxy) is 2. The van der Waals surface area contributed by atoms with Gasteiger partial charge in [0.15, 0.2) is 0 Å². The molecule has 0 bridgehead atoms. The second-order valence-corrected chi connectivity index (χ2v) is 6.50. The summed E-state index contributed by atoms with van der Waals surface area (Å²) in [5.41, 5.74) is 0.832. The molecule has 0 saturated heterocycles. The first-order chi connectivity index (χ1) is 13.2. The number of nitrogens with two attached hydrogens (primary N) is 1. The van der Waals surface area contributed by atoms with Crippen molar-refractivity contribution in [2.24, 2.45) is 15.9 Å². The van der Waals surface area contributed by atoms with Crippen molar-refractivity contribution in [2.75, 3.05) is 46.6 Å². The van der Waals surface area contributed by atoms with E-state index in [1.807, 2.05) is 14.0 Å². The van der Waals surface area contributed by atoms with E-state index in [0.717, 1.165) is 50.8 Å². The number of hydrogen-bond donors (Lipinski definition) is 2. The van der Waals surface area contributed by atoms with Gasteiger partial charge in [-0.2, -0.15) is 5.10 Å². The molecular formula is C20H40N4O3. The van der Waals surface area contributed by atoms with Crippen molar-refractivity contribution < 1.29 is 14.3 Å². The third-order valence-corrected chi connectivity index (χ3v) is 4.17. The van der Waals surface area contributed by atoms with Gasteiger partial charge in [-0.15, -0.1) is 0 Å². The van der Waals surface area contributed by atoms with Crippen molar-refractivity contribution in [1.29, 1.82) is 0 Å². The minimum Gasteiger partial charge on any atom is -0.378 e. The van der Waals surface area contributed by atoms with E-state index in [4.69, 9.17) is 15.3 Å². The highest BCUT2D eigenvalue weighted by Crippen LogP contribution is 2.09. The molecule has 0 rings (SSSR count). The number of carbonyl (C=O) groups is 1. The molecule has 0 heterocycles. The SMILES string of the molecule is CCC(=O)CCCCCCCC/C(C=NCCOCCOCCNC)=N/N. The summed E-state index contributed by atoms with van der Waals surface area (Å²) in [6, 6.07) is 0. The van der Waals surface area contributed by atoms with Crippen LogP contribution in [0.15, 0.2) is 10.1 Å². The van der Waals surface area contributed by atoms with Gasteiger partial charge in [-0.05, 0) is 26.3 Å². The van der Waals surface area contributed by atoms with Crippen molar-refractivity contribution in [1.82, 2.24) is 5.32 Å². The molecule has 0 aromatic heterocycles. The zero-order valence-corrected chi connectivity index (χ0v) is 17.4. The van der Waals surface area contributed by atoms with Crippen LogP contribution in [0.3, 0.4) is 0 Å². The van der Waals surface area contributed by atoms with E-state index >= 15 is 0 Å². The van der Waals surface area contributed by atoms with Crippen molar-refractivity contribution in [3.05, 3.63) is 0 Å². The topological polar surface area (TPSA) is 98.3 Å². The van der Waals surface area contributed by atoms with E-state index in [9.17, 15) is 4.79 Å². The van der Waals surface area contributed by atoms with Crippen LogP contribution in [0.25, 0.3) is 0 Å². The molecule has 0 saturated carbocycles. The van der Waals surface area contributed by atoms with Crippen LogP contribution in [-0.4, -0.2) is 64.3 Å². The Kier molecular flexibility index (Phi) is 20.0. The van der Waals surface area contributed by atoms with Gasteiger partial charge in [-0.3, -0.25) is 9.79 Å². The Hall–Kier alpha value is -1.31. The first-order valence-corrected chi connectivity index (χ1v) is 10.3. The highest BCUT2D eigenvalue weighted by molar-refractivity contribution is 6.30. The quantitative estimate of drug-likeness (QED) is 0.146. The lowest BCUT2D eigenvalue weighted by Gasteiger charge is -2.04. The summed E-state index contributed by atoms with van der Waals surface area (Å²) in [5, 5.41) is 6.82. The number of nitrogens with zero attached hydrogens (tertiary/aromatic N) is 2. The van der Waals surface area contributed by atoms with Gasteiger partial charge >= 0.3 is 0 Å². The molecule has 3 N–H and O–H groups in total. The minimum absolute atomic E-state index is 0.376. The normalized spacial score (nSPS) is 12.1. The fraction of sp³-hybridized carbons (Fsp3) is 0.850. The number of rotatable bonds is 20. The van der Waals surface area contributed by atoms with E-state index in [-0.39, 0.29) is 0 Å². The van der Waals surface area contributed by atoms with Crippen LogP contribution < -0.4 is 11.2 Å². The number of aliphatic imine (C=N–C) groups is 1. The van der Waals surface area contributed by atoms with Gasteiger partial charge in [0.05, 0.1) is 38.7 Å². The summed E-state index contributed by atoms with van der Waals surface area (Å²) in [4.78, 5) is 15.5. The lowest BCUT2D eigenvalue weighted by atomic mass is 10.1. The van der Waals surface area contributed by atoms with Crippen LogP contribution in [0.5, 0.6) is 0 Å². The van der Waals surface area contributed by atoms with E-state index < -0.39 is 0 Å². The van der Waals surface area contributed by atoms with Gasteiger partial charge < -0.3 is 20.6 Å². The number of hydrogen-bond acceptors (Lipinski definition) is 7. The minimum atomic E-state index is 0.376. The summed E-state index contributed by atoms with van der Waals surface area (Å²) >= 11 is 0. The number of Topliss-reactive ketones (excluding diaryl/α,β-unsaturated/α-hetero) is 1. The summed E-state index contributed by atoms with van der Waals surface area (Å²) in [7, 11) is 1.90. The third kappa shape index (κ3) is 19.3. The van der Waals surface area contributed by atoms with E-state index in [1.54, 1.807) is 6.21 Å². The maximum absolute atomic E-state index is 11.2. The molecule has 27 heavy (non-hydrogen) atoms. The van der Waals surface area contributed by atoms with Crippen LogP contribution in [0.4, 0.5) is 0 Å². The molecule has 7 nitrogen and oxygen atoms in total. The standard InChI is InChI=1S/C20H40N4O3/c1-3-20(25)11-9-7-5-4-6-8-10-19(24-21)18-23-13-15-27-17-16-26-14-12-22-2/h18,22H,3-17,21H2,1-2H3/b23-18?,24-19-. The Morgan fingerprint density at radius 3 is 2.22 bits per heavy atom. The first-order valence-electron chi connectivity index (χ1n) is 10.3.